The van der Waals surface area contributed by atoms with E-state index in [-0.39, 0.29) is 0 Å². The van der Waals surface area contributed by atoms with Crippen LogP contribution in [0.15, 0.2) is 24.3 Å². The Labute approximate surface area is 126 Å². The summed E-state index contributed by atoms with van der Waals surface area (Å²) in [5, 5.41) is -0.118. The Bertz CT molecular complexity index is 600. The van der Waals surface area contributed by atoms with Crippen LogP contribution in [0.25, 0.3) is 0 Å². The Morgan fingerprint density at radius 2 is 1.70 bits per heavy atom. The highest BCUT2D eigenvalue weighted by Crippen LogP contribution is 2.34. The Balaban J connectivity index is 2.46. The first-order valence-corrected chi connectivity index (χ1v) is 6.52. The standard InChI is InChI=1S/C13H13Cl2N3O2/c1-19-10-6-11(20-2)18-13(17-10)12(15)8-5-7(14)3-4-9(8)16/h3-6,12H,16H2,1-2H3. The lowest BCUT2D eigenvalue weighted by Gasteiger charge is -2.13. The van der Waals surface area contributed by atoms with Gasteiger partial charge in [-0.3, -0.25) is 0 Å². The first kappa shape index (κ1) is 14.7. The number of rotatable bonds is 4. The number of ether oxygens (including phenoxy) is 2. The first-order valence-electron chi connectivity index (χ1n) is 5.71. The van der Waals surface area contributed by atoms with Crippen molar-refractivity contribution in [2.24, 2.45) is 0 Å². The third-order valence-corrected chi connectivity index (χ3v) is 3.33. The van der Waals surface area contributed by atoms with E-state index in [9.17, 15) is 0 Å². The summed E-state index contributed by atoms with van der Waals surface area (Å²) in [5.41, 5.74) is 7.06. The minimum Gasteiger partial charge on any atom is -0.481 e. The number of methoxy groups -OCH3 is 2. The fourth-order valence-electron chi connectivity index (χ4n) is 1.65. The molecule has 1 atom stereocenters. The smallest absolute Gasteiger partial charge is 0.220 e. The number of nitrogen functional groups attached to an aromatic ring is 1. The van der Waals surface area contributed by atoms with Crippen molar-refractivity contribution in [1.29, 1.82) is 0 Å². The van der Waals surface area contributed by atoms with E-state index in [1.807, 2.05) is 0 Å². The fraction of sp³-hybridized carbons (Fsp3) is 0.231. The minimum absolute atomic E-state index is 0.330. The van der Waals surface area contributed by atoms with Crippen molar-refractivity contribution in [3.8, 4) is 11.8 Å². The quantitative estimate of drug-likeness (QED) is 0.694. The summed E-state index contributed by atoms with van der Waals surface area (Å²) in [6, 6.07) is 6.62. The van der Waals surface area contributed by atoms with Gasteiger partial charge in [-0.25, -0.2) is 0 Å². The van der Waals surface area contributed by atoms with Crippen LogP contribution in [-0.2, 0) is 0 Å². The summed E-state index contributed by atoms with van der Waals surface area (Å²) in [7, 11) is 3.01. The van der Waals surface area contributed by atoms with Gasteiger partial charge >= 0.3 is 0 Å². The number of nitrogens with two attached hydrogens (primary N) is 1. The van der Waals surface area contributed by atoms with Crippen LogP contribution >= 0.6 is 23.2 Å². The van der Waals surface area contributed by atoms with Crippen LogP contribution in [0.2, 0.25) is 5.02 Å². The van der Waals surface area contributed by atoms with Crippen LogP contribution in [0.5, 0.6) is 11.8 Å². The molecule has 106 valence electrons. The van der Waals surface area contributed by atoms with Crippen LogP contribution in [-0.4, -0.2) is 24.2 Å². The maximum absolute atomic E-state index is 6.39. The molecule has 2 N–H and O–H groups in total. The number of alkyl halides is 1. The molecule has 2 aromatic rings. The van der Waals surface area contributed by atoms with Crippen molar-refractivity contribution in [3.05, 3.63) is 40.7 Å². The zero-order chi connectivity index (χ0) is 14.7. The SMILES string of the molecule is COc1cc(OC)nc(C(Cl)c2cc(Cl)ccc2N)n1. The first-order chi connectivity index (χ1) is 9.55. The van der Waals surface area contributed by atoms with E-state index in [0.717, 1.165) is 0 Å². The molecule has 0 saturated carbocycles. The van der Waals surface area contributed by atoms with E-state index < -0.39 is 5.38 Å². The summed E-state index contributed by atoms with van der Waals surface area (Å²) in [6.45, 7) is 0. The number of benzene rings is 1. The van der Waals surface area contributed by atoms with E-state index >= 15 is 0 Å². The molecule has 0 fully saturated rings. The topological polar surface area (TPSA) is 70.3 Å². The van der Waals surface area contributed by atoms with Gasteiger partial charge in [-0.05, 0) is 18.2 Å². The predicted octanol–water partition coefficient (Wildman–Crippen LogP) is 3.06. The number of anilines is 1. The van der Waals surface area contributed by atoms with E-state index in [1.54, 1.807) is 24.3 Å². The number of nitrogens with zero attached hydrogens (tertiary/aromatic N) is 2. The van der Waals surface area contributed by atoms with E-state index in [2.05, 4.69) is 9.97 Å². The van der Waals surface area contributed by atoms with Crippen molar-refractivity contribution < 1.29 is 9.47 Å². The molecule has 0 aliphatic rings. The molecule has 1 unspecified atom stereocenters. The zero-order valence-electron chi connectivity index (χ0n) is 10.9. The lowest BCUT2D eigenvalue weighted by molar-refractivity contribution is 0.368. The second-order valence-corrected chi connectivity index (χ2v) is 4.82. The van der Waals surface area contributed by atoms with Crippen molar-refractivity contribution in [1.82, 2.24) is 9.97 Å². The Kier molecular flexibility index (Phi) is 4.52. The summed E-state index contributed by atoms with van der Waals surface area (Å²) in [5.74, 6) is 1.05. The monoisotopic (exact) mass is 313 g/mol. The Morgan fingerprint density at radius 1 is 1.10 bits per heavy atom. The van der Waals surface area contributed by atoms with E-state index in [1.165, 1.54) is 14.2 Å². The van der Waals surface area contributed by atoms with Crippen LogP contribution in [0.4, 0.5) is 5.69 Å². The lowest BCUT2D eigenvalue weighted by Crippen LogP contribution is -2.06. The second kappa shape index (κ2) is 6.15. The van der Waals surface area contributed by atoms with Gasteiger partial charge in [0, 0.05) is 16.3 Å². The molecular weight excluding hydrogens is 301 g/mol. The summed E-state index contributed by atoms with van der Waals surface area (Å²) < 4.78 is 10.2. The molecule has 1 aromatic heterocycles. The summed E-state index contributed by atoms with van der Waals surface area (Å²) in [4.78, 5) is 8.41. The highest BCUT2D eigenvalue weighted by molar-refractivity contribution is 6.31. The van der Waals surface area contributed by atoms with Gasteiger partial charge in [0.05, 0.1) is 20.3 Å². The van der Waals surface area contributed by atoms with Gasteiger partial charge in [0.15, 0.2) is 5.82 Å². The van der Waals surface area contributed by atoms with Gasteiger partial charge in [0.1, 0.15) is 5.38 Å². The molecule has 0 bridgehead atoms. The van der Waals surface area contributed by atoms with Gasteiger partial charge in [-0.2, -0.15) is 9.97 Å². The highest BCUT2D eigenvalue weighted by atomic mass is 35.5. The molecule has 7 heteroatoms. The second-order valence-electron chi connectivity index (χ2n) is 3.95. The highest BCUT2D eigenvalue weighted by Gasteiger charge is 2.19. The normalized spacial score (nSPS) is 12.0. The number of hydrogen-bond acceptors (Lipinski definition) is 5. The molecule has 0 aliphatic heterocycles. The van der Waals surface area contributed by atoms with Crippen molar-refractivity contribution in [2.45, 2.75) is 5.38 Å². The van der Waals surface area contributed by atoms with Crippen LogP contribution in [0.3, 0.4) is 0 Å². The number of aromatic nitrogens is 2. The van der Waals surface area contributed by atoms with Crippen LogP contribution < -0.4 is 15.2 Å². The zero-order valence-corrected chi connectivity index (χ0v) is 12.4. The molecule has 20 heavy (non-hydrogen) atoms. The maximum atomic E-state index is 6.39. The Morgan fingerprint density at radius 3 is 2.25 bits per heavy atom. The van der Waals surface area contributed by atoms with Gasteiger partial charge < -0.3 is 15.2 Å². The average Bonchev–Trinajstić information content (AvgIpc) is 2.48. The lowest BCUT2D eigenvalue weighted by atomic mass is 10.1. The molecular formula is C13H13Cl2N3O2. The number of hydrogen-bond donors (Lipinski definition) is 1. The number of halogens is 2. The minimum atomic E-state index is -0.655. The van der Waals surface area contributed by atoms with Crippen molar-refractivity contribution >= 4 is 28.9 Å². The molecule has 0 radical (unpaired) electrons. The third-order valence-electron chi connectivity index (χ3n) is 2.66. The summed E-state index contributed by atoms with van der Waals surface area (Å²) in [6.07, 6.45) is 0. The van der Waals surface area contributed by atoms with E-state index in [4.69, 9.17) is 38.4 Å². The predicted molar refractivity (Wildman–Crippen MR) is 78.7 cm³/mol. The summed E-state index contributed by atoms with van der Waals surface area (Å²) >= 11 is 12.4. The average molecular weight is 314 g/mol. The van der Waals surface area contributed by atoms with Gasteiger partial charge in [-0.15, -0.1) is 11.6 Å². The molecule has 2 rings (SSSR count). The largest absolute Gasteiger partial charge is 0.481 e. The third kappa shape index (κ3) is 3.05. The van der Waals surface area contributed by atoms with Gasteiger partial charge in [0.2, 0.25) is 11.8 Å². The molecule has 0 spiro atoms. The van der Waals surface area contributed by atoms with Gasteiger partial charge in [0.25, 0.3) is 0 Å². The fourth-order valence-corrected chi connectivity index (χ4v) is 2.11. The molecule has 0 amide bonds. The van der Waals surface area contributed by atoms with Crippen LogP contribution in [0.1, 0.15) is 16.8 Å². The molecule has 0 aliphatic carbocycles. The molecule has 1 heterocycles. The Hall–Kier alpha value is -1.72. The van der Waals surface area contributed by atoms with Gasteiger partial charge in [-0.1, -0.05) is 11.6 Å². The maximum Gasteiger partial charge on any atom is 0.220 e. The van der Waals surface area contributed by atoms with Crippen molar-refractivity contribution in [3.63, 3.8) is 0 Å². The molecule has 1 aromatic carbocycles. The van der Waals surface area contributed by atoms with E-state index in [0.29, 0.717) is 33.9 Å². The molecule has 0 saturated heterocycles. The van der Waals surface area contributed by atoms with Crippen LogP contribution in [0, 0.1) is 0 Å². The molecule has 5 nitrogen and oxygen atoms in total. The van der Waals surface area contributed by atoms with Crippen molar-refractivity contribution in [2.75, 3.05) is 20.0 Å².